The minimum absolute atomic E-state index is 0.0216. The largest absolute Gasteiger partial charge is 0.453 e. The molecule has 30 heavy (non-hydrogen) atoms. The van der Waals surface area contributed by atoms with E-state index in [0.717, 1.165) is 42.2 Å². The normalized spacial score (nSPS) is 15.7. The first kappa shape index (κ1) is 22.1. The van der Waals surface area contributed by atoms with Crippen molar-refractivity contribution in [3.05, 3.63) is 45.3 Å². The third kappa shape index (κ3) is 4.91. The molecule has 0 bridgehead atoms. The van der Waals surface area contributed by atoms with Gasteiger partial charge in [0.1, 0.15) is 5.58 Å². The highest BCUT2D eigenvalue weighted by molar-refractivity contribution is 5.84. The summed E-state index contributed by atoms with van der Waals surface area (Å²) in [7, 11) is 1.79. The van der Waals surface area contributed by atoms with Crippen LogP contribution in [0.25, 0.3) is 11.0 Å². The molecule has 1 fully saturated rings. The summed E-state index contributed by atoms with van der Waals surface area (Å²) in [4.78, 5) is 39.1. The van der Waals surface area contributed by atoms with Crippen LogP contribution in [0.3, 0.4) is 0 Å². The maximum atomic E-state index is 12.6. The molecule has 0 N–H and O–H groups in total. The van der Waals surface area contributed by atoms with E-state index in [0.29, 0.717) is 11.1 Å². The SMILES string of the molecule is Cc1ccc2c(C)c(CCC(=O)O[C@@H](C)C(=O)N(C)C3CCCCC3)c(=O)oc2c1. The quantitative estimate of drug-likeness (QED) is 0.527. The van der Waals surface area contributed by atoms with Gasteiger partial charge in [0.05, 0.1) is 0 Å². The smallest absolute Gasteiger partial charge is 0.339 e. The Morgan fingerprint density at radius 1 is 1.20 bits per heavy atom. The highest BCUT2D eigenvalue weighted by atomic mass is 16.5. The van der Waals surface area contributed by atoms with Crippen LogP contribution in [0, 0.1) is 13.8 Å². The van der Waals surface area contributed by atoms with Gasteiger partial charge in [-0.2, -0.15) is 0 Å². The monoisotopic (exact) mass is 413 g/mol. The number of aryl methyl sites for hydroxylation is 2. The summed E-state index contributed by atoms with van der Waals surface area (Å²) in [6.45, 7) is 5.41. The Kier molecular flexibility index (Phi) is 6.95. The predicted molar refractivity (Wildman–Crippen MR) is 115 cm³/mol. The van der Waals surface area contributed by atoms with Crippen molar-refractivity contribution in [2.24, 2.45) is 0 Å². The van der Waals surface area contributed by atoms with E-state index >= 15 is 0 Å². The zero-order chi connectivity index (χ0) is 21.8. The van der Waals surface area contributed by atoms with Crippen molar-refractivity contribution < 1.29 is 18.7 Å². The number of fused-ring (bicyclic) bond motifs is 1. The Bertz CT molecular complexity index is 987. The van der Waals surface area contributed by atoms with Crippen LogP contribution < -0.4 is 5.63 Å². The van der Waals surface area contributed by atoms with Crippen LogP contribution in [0.5, 0.6) is 0 Å². The highest BCUT2D eigenvalue weighted by Gasteiger charge is 2.27. The summed E-state index contributed by atoms with van der Waals surface area (Å²) in [5.41, 5.74) is 2.42. The highest BCUT2D eigenvalue weighted by Crippen LogP contribution is 2.23. The molecule has 0 aliphatic heterocycles. The Labute approximate surface area is 177 Å². The predicted octanol–water partition coefficient (Wildman–Crippen LogP) is 4.07. The van der Waals surface area contributed by atoms with Gasteiger partial charge in [0.15, 0.2) is 6.10 Å². The molecule has 1 aromatic heterocycles. The van der Waals surface area contributed by atoms with Crippen molar-refractivity contribution in [1.29, 1.82) is 0 Å². The molecule has 162 valence electrons. The second kappa shape index (κ2) is 9.45. The fourth-order valence-electron chi connectivity index (χ4n) is 4.26. The zero-order valence-corrected chi connectivity index (χ0v) is 18.3. The van der Waals surface area contributed by atoms with Crippen LogP contribution >= 0.6 is 0 Å². The molecular weight excluding hydrogens is 382 g/mol. The van der Waals surface area contributed by atoms with E-state index in [9.17, 15) is 14.4 Å². The van der Waals surface area contributed by atoms with Crippen LogP contribution in [0.15, 0.2) is 27.4 Å². The Hall–Kier alpha value is -2.63. The maximum Gasteiger partial charge on any atom is 0.339 e. The molecule has 0 radical (unpaired) electrons. The number of rotatable bonds is 6. The number of esters is 1. The van der Waals surface area contributed by atoms with Crippen molar-refractivity contribution in [3.8, 4) is 0 Å². The van der Waals surface area contributed by atoms with Crippen LogP contribution in [0.1, 0.15) is 62.1 Å². The van der Waals surface area contributed by atoms with Gasteiger partial charge in [-0.3, -0.25) is 9.59 Å². The molecule has 1 heterocycles. The molecule has 0 unspecified atom stereocenters. The number of carbonyl (C=O) groups is 2. The number of nitrogens with zero attached hydrogens (tertiary/aromatic N) is 1. The van der Waals surface area contributed by atoms with Gasteiger partial charge < -0.3 is 14.1 Å². The molecule has 1 aliphatic carbocycles. The van der Waals surface area contributed by atoms with Crippen LogP contribution in [0.4, 0.5) is 0 Å². The summed E-state index contributed by atoms with van der Waals surface area (Å²) in [5, 5.41) is 0.862. The lowest BCUT2D eigenvalue weighted by Crippen LogP contribution is -2.44. The van der Waals surface area contributed by atoms with Gasteiger partial charge in [0, 0.05) is 30.5 Å². The van der Waals surface area contributed by atoms with Gasteiger partial charge in [0.2, 0.25) is 0 Å². The van der Waals surface area contributed by atoms with Gasteiger partial charge in [-0.1, -0.05) is 31.4 Å². The number of hydrogen-bond acceptors (Lipinski definition) is 5. The van der Waals surface area contributed by atoms with Gasteiger partial charge >= 0.3 is 11.6 Å². The fourth-order valence-corrected chi connectivity index (χ4v) is 4.26. The van der Waals surface area contributed by atoms with E-state index in [4.69, 9.17) is 9.15 Å². The van der Waals surface area contributed by atoms with Gasteiger partial charge in [-0.15, -0.1) is 0 Å². The molecule has 1 aromatic carbocycles. The first-order valence-electron chi connectivity index (χ1n) is 10.8. The minimum atomic E-state index is -0.832. The zero-order valence-electron chi connectivity index (χ0n) is 18.3. The molecule has 0 spiro atoms. The molecule has 6 nitrogen and oxygen atoms in total. The second-order valence-corrected chi connectivity index (χ2v) is 8.37. The van der Waals surface area contributed by atoms with Crippen LogP contribution in [0.2, 0.25) is 0 Å². The Morgan fingerprint density at radius 2 is 1.90 bits per heavy atom. The van der Waals surface area contributed by atoms with E-state index in [1.165, 1.54) is 6.42 Å². The van der Waals surface area contributed by atoms with Crippen LogP contribution in [-0.4, -0.2) is 36.0 Å². The second-order valence-electron chi connectivity index (χ2n) is 8.37. The van der Waals surface area contributed by atoms with E-state index in [1.807, 2.05) is 32.0 Å². The van der Waals surface area contributed by atoms with Gasteiger partial charge in [0.25, 0.3) is 5.91 Å². The molecule has 6 heteroatoms. The van der Waals surface area contributed by atoms with E-state index in [2.05, 4.69) is 0 Å². The Morgan fingerprint density at radius 3 is 2.60 bits per heavy atom. The summed E-state index contributed by atoms with van der Waals surface area (Å²) in [6, 6.07) is 5.94. The number of likely N-dealkylation sites (N-methyl/N-ethyl adjacent to an activating group) is 1. The molecule has 1 atom stereocenters. The summed E-state index contributed by atoms with van der Waals surface area (Å²) in [5.74, 6) is -0.664. The molecular formula is C24H31NO5. The molecule has 2 aromatic rings. The molecule has 1 aliphatic rings. The van der Waals surface area contributed by atoms with E-state index < -0.39 is 17.7 Å². The molecule has 0 saturated heterocycles. The van der Waals surface area contributed by atoms with Crippen LogP contribution in [-0.2, 0) is 20.7 Å². The summed E-state index contributed by atoms with van der Waals surface area (Å²) < 4.78 is 10.8. The number of ether oxygens (including phenoxy) is 1. The Balaban J connectivity index is 1.61. The lowest BCUT2D eigenvalue weighted by Gasteiger charge is -2.32. The van der Waals surface area contributed by atoms with E-state index in [1.54, 1.807) is 18.9 Å². The number of carbonyl (C=O) groups excluding carboxylic acids is 2. The van der Waals surface area contributed by atoms with Gasteiger partial charge in [-0.05, 0) is 57.2 Å². The third-order valence-electron chi connectivity index (χ3n) is 6.15. The number of amides is 1. The molecule has 3 rings (SSSR count). The third-order valence-corrected chi connectivity index (χ3v) is 6.15. The molecule has 1 amide bonds. The summed E-state index contributed by atoms with van der Waals surface area (Å²) in [6.07, 6.45) is 4.88. The fraction of sp³-hybridized carbons (Fsp3) is 0.542. The average molecular weight is 414 g/mol. The molecule has 1 saturated carbocycles. The van der Waals surface area contributed by atoms with E-state index in [-0.39, 0.29) is 24.8 Å². The van der Waals surface area contributed by atoms with Crippen molar-refractivity contribution in [2.45, 2.75) is 77.9 Å². The number of hydrogen-bond donors (Lipinski definition) is 0. The van der Waals surface area contributed by atoms with Crippen molar-refractivity contribution >= 4 is 22.8 Å². The number of benzene rings is 1. The standard InChI is InChI=1S/C24H31NO5/c1-15-10-11-19-16(2)20(24(28)30-21(19)14-15)12-13-22(26)29-17(3)23(27)25(4)18-8-6-5-7-9-18/h10-11,14,17-18H,5-9,12-13H2,1-4H3/t17-/m0/s1. The summed E-state index contributed by atoms with van der Waals surface area (Å²) >= 11 is 0. The van der Waals surface area contributed by atoms with Crippen molar-refractivity contribution in [3.63, 3.8) is 0 Å². The topological polar surface area (TPSA) is 76.8 Å². The average Bonchev–Trinajstić information content (AvgIpc) is 2.72. The maximum absolute atomic E-state index is 12.6. The van der Waals surface area contributed by atoms with Gasteiger partial charge in [-0.25, -0.2) is 4.79 Å². The lowest BCUT2D eigenvalue weighted by molar-refractivity contribution is -0.159. The van der Waals surface area contributed by atoms with Crippen molar-refractivity contribution in [1.82, 2.24) is 4.90 Å². The van der Waals surface area contributed by atoms with Crippen molar-refractivity contribution in [2.75, 3.05) is 7.05 Å². The minimum Gasteiger partial charge on any atom is -0.453 e. The first-order chi connectivity index (χ1) is 14.3. The first-order valence-corrected chi connectivity index (χ1v) is 10.8. The lowest BCUT2D eigenvalue weighted by atomic mass is 9.94.